The molecule has 0 aliphatic carbocycles. The molecule has 1 rings (SSSR count). The average Bonchev–Trinajstić information content (AvgIpc) is 2.60. The maximum Gasteiger partial charge on any atom is 0.345 e. The van der Waals surface area contributed by atoms with Gasteiger partial charge < -0.3 is 9.84 Å². The first-order valence-corrected chi connectivity index (χ1v) is 5.84. The van der Waals surface area contributed by atoms with Crippen molar-refractivity contribution < 1.29 is 19.4 Å². The van der Waals surface area contributed by atoms with Crippen molar-refractivity contribution in [3.63, 3.8) is 0 Å². The zero-order valence-corrected chi connectivity index (χ0v) is 10.7. The van der Waals surface area contributed by atoms with Gasteiger partial charge in [-0.05, 0) is 39.0 Å². The van der Waals surface area contributed by atoms with Crippen molar-refractivity contribution in [1.29, 1.82) is 0 Å². The summed E-state index contributed by atoms with van der Waals surface area (Å²) in [5.74, 6) is -1.41. The van der Waals surface area contributed by atoms with Gasteiger partial charge in [0.1, 0.15) is 10.5 Å². The highest BCUT2D eigenvalue weighted by molar-refractivity contribution is 7.14. The Labute approximate surface area is 104 Å². The van der Waals surface area contributed by atoms with Crippen LogP contribution < -0.4 is 0 Å². The number of ether oxygens (including phenoxy) is 1. The van der Waals surface area contributed by atoms with Crippen LogP contribution in [-0.2, 0) is 9.53 Å². The van der Waals surface area contributed by atoms with E-state index in [-0.39, 0.29) is 4.88 Å². The number of carboxylic acid groups (broad SMARTS) is 1. The number of carbonyl (C=O) groups excluding carboxylic acids is 1. The van der Waals surface area contributed by atoms with Crippen LogP contribution in [0.15, 0.2) is 18.2 Å². The summed E-state index contributed by atoms with van der Waals surface area (Å²) in [6.45, 7) is 5.35. The van der Waals surface area contributed by atoms with E-state index in [4.69, 9.17) is 9.84 Å². The maximum absolute atomic E-state index is 11.4. The van der Waals surface area contributed by atoms with Crippen LogP contribution in [-0.4, -0.2) is 22.6 Å². The van der Waals surface area contributed by atoms with E-state index in [2.05, 4.69) is 0 Å². The van der Waals surface area contributed by atoms with Crippen molar-refractivity contribution in [1.82, 2.24) is 0 Å². The average molecular weight is 254 g/mol. The molecular formula is C12H14O4S. The monoisotopic (exact) mass is 254 g/mol. The largest absolute Gasteiger partial charge is 0.477 e. The molecule has 5 heteroatoms. The summed E-state index contributed by atoms with van der Waals surface area (Å²) in [4.78, 5) is 22.9. The van der Waals surface area contributed by atoms with Gasteiger partial charge in [0, 0.05) is 11.0 Å². The van der Waals surface area contributed by atoms with Crippen LogP contribution in [0.25, 0.3) is 6.08 Å². The third-order valence-electron chi connectivity index (χ3n) is 1.63. The summed E-state index contributed by atoms with van der Waals surface area (Å²) >= 11 is 1.11. The zero-order valence-electron chi connectivity index (χ0n) is 9.89. The minimum Gasteiger partial charge on any atom is -0.477 e. The Balaban J connectivity index is 2.64. The van der Waals surface area contributed by atoms with Gasteiger partial charge in [0.15, 0.2) is 0 Å². The molecule has 0 amide bonds. The number of carboxylic acids is 1. The normalized spacial score (nSPS) is 11.7. The number of carbonyl (C=O) groups is 2. The van der Waals surface area contributed by atoms with Crippen LogP contribution in [0.3, 0.4) is 0 Å². The van der Waals surface area contributed by atoms with E-state index in [0.29, 0.717) is 4.88 Å². The van der Waals surface area contributed by atoms with E-state index >= 15 is 0 Å². The fraction of sp³-hybridized carbons (Fsp3) is 0.333. The van der Waals surface area contributed by atoms with Gasteiger partial charge in [-0.15, -0.1) is 11.3 Å². The van der Waals surface area contributed by atoms with Crippen LogP contribution in [0.5, 0.6) is 0 Å². The molecule has 0 aliphatic rings. The highest BCUT2D eigenvalue weighted by Gasteiger charge is 2.14. The Morgan fingerprint density at radius 2 is 2.00 bits per heavy atom. The standard InChI is InChI=1S/C12H14O4S/c1-12(2,3)16-10(13)7-5-8-4-6-9(17-8)11(14)15/h4-7H,1-3H3,(H,14,15)/b7-5+. The summed E-state index contributed by atoms with van der Waals surface area (Å²) in [6, 6.07) is 3.15. The van der Waals surface area contributed by atoms with Gasteiger partial charge in [0.2, 0.25) is 0 Å². The lowest BCUT2D eigenvalue weighted by molar-refractivity contribution is -0.148. The van der Waals surface area contributed by atoms with Crippen LogP contribution >= 0.6 is 11.3 Å². The van der Waals surface area contributed by atoms with Crippen LogP contribution in [0.2, 0.25) is 0 Å². The number of rotatable bonds is 3. The molecule has 0 fully saturated rings. The Hall–Kier alpha value is -1.62. The molecule has 17 heavy (non-hydrogen) atoms. The van der Waals surface area contributed by atoms with Gasteiger partial charge in [-0.3, -0.25) is 0 Å². The Kier molecular flexibility index (Phi) is 4.07. The topological polar surface area (TPSA) is 63.6 Å². The number of hydrogen-bond acceptors (Lipinski definition) is 4. The molecule has 92 valence electrons. The molecule has 0 saturated heterocycles. The Morgan fingerprint density at radius 1 is 1.35 bits per heavy atom. The number of hydrogen-bond donors (Lipinski definition) is 1. The quantitative estimate of drug-likeness (QED) is 0.665. The summed E-state index contributed by atoms with van der Waals surface area (Å²) in [6.07, 6.45) is 2.84. The second kappa shape index (κ2) is 5.14. The molecule has 1 N–H and O–H groups in total. The van der Waals surface area contributed by atoms with E-state index in [1.807, 2.05) is 0 Å². The SMILES string of the molecule is CC(C)(C)OC(=O)/C=C/c1ccc(C(=O)O)s1. The molecular weight excluding hydrogens is 240 g/mol. The first-order valence-electron chi connectivity index (χ1n) is 5.02. The lowest BCUT2D eigenvalue weighted by Crippen LogP contribution is -2.22. The lowest BCUT2D eigenvalue weighted by Gasteiger charge is -2.17. The van der Waals surface area contributed by atoms with Gasteiger partial charge in [0.05, 0.1) is 0 Å². The van der Waals surface area contributed by atoms with E-state index in [0.717, 1.165) is 11.3 Å². The number of esters is 1. The maximum atomic E-state index is 11.4. The summed E-state index contributed by atoms with van der Waals surface area (Å²) in [7, 11) is 0. The molecule has 0 saturated carbocycles. The highest BCUT2D eigenvalue weighted by Crippen LogP contribution is 2.18. The van der Waals surface area contributed by atoms with Gasteiger partial charge in [-0.25, -0.2) is 9.59 Å². The number of aromatic carboxylic acids is 1. The third kappa shape index (κ3) is 4.82. The van der Waals surface area contributed by atoms with E-state index < -0.39 is 17.5 Å². The molecule has 0 aliphatic heterocycles. The van der Waals surface area contributed by atoms with Crippen molar-refractivity contribution in [3.05, 3.63) is 28.0 Å². The molecule has 1 aromatic heterocycles. The fourth-order valence-electron chi connectivity index (χ4n) is 1.04. The lowest BCUT2D eigenvalue weighted by atomic mass is 10.2. The zero-order chi connectivity index (χ0) is 13.1. The molecule has 0 spiro atoms. The van der Waals surface area contributed by atoms with Crippen molar-refractivity contribution >= 4 is 29.4 Å². The first-order chi connectivity index (χ1) is 7.78. The summed E-state index contributed by atoms with van der Waals surface area (Å²) in [5, 5.41) is 8.72. The molecule has 1 heterocycles. The van der Waals surface area contributed by atoms with Crippen molar-refractivity contribution in [2.75, 3.05) is 0 Å². The highest BCUT2D eigenvalue weighted by atomic mass is 32.1. The molecule has 0 bridgehead atoms. The second-order valence-electron chi connectivity index (χ2n) is 4.37. The molecule has 1 aromatic rings. The summed E-state index contributed by atoms with van der Waals surface area (Å²) < 4.78 is 5.08. The Bertz CT molecular complexity index is 451. The molecule has 0 radical (unpaired) electrons. The van der Waals surface area contributed by atoms with Crippen molar-refractivity contribution in [2.45, 2.75) is 26.4 Å². The van der Waals surface area contributed by atoms with Gasteiger partial charge in [-0.1, -0.05) is 0 Å². The van der Waals surface area contributed by atoms with Crippen LogP contribution in [0, 0.1) is 0 Å². The van der Waals surface area contributed by atoms with Gasteiger partial charge in [-0.2, -0.15) is 0 Å². The number of thiophene rings is 1. The Morgan fingerprint density at radius 3 is 2.47 bits per heavy atom. The molecule has 4 nitrogen and oxygen atoms in total. The minimum atomic E-state index is -0.966. The van der Waals surface area contributed by atoms with Crippen LogP contribution in [0.1, 0.15) is 35.3 Å². The van der Waals surface area contributed by atoms with E-state index in [9.17, 15) is 9.59 Å². The molecule has 0 unspecified atom stereocenters. The van der Waals surface area contributed by atoms with Gasteiger partial charge in [0.25, 0.3) is 0 Å². The molecule has 0 atom stereocenters. The van der Waals surface area contributed by atoms with Gasteiger partial charge >= 0.3 is 11.9 Å². The predicted octanol–water partition coefficient (Wildman–Crippen LogP) is 2.80. The first kappa shape index (κ1) is 13.4. The third-order valence-corrected chi connectivity index (χ3v) is 2.67. The van der Waals surface area contributed by atoms with Crippen molar-refractivity contribution in [3.8, 4) is 0 Å². The smallest absolute Gasteiger partial charge is 0.345 e. The van der Waals surface area contributed by atoms with E-state index in [1.54, 1.807) is 32.9 Å². The fourth-order valence-corrected chi connectivity index (χ4v) is 1.79. The predicted molar refractivity (Wildman–Crippen MR) is 66.2 cm³/mol. The second-order valence-corrected chi connectivity index (χ2v) is 5.49. The minimum absolute atomic E-state index is 0.244. The van der Waals surface area contributed by atoms with Crippen LogP contribution in [0.4, 0.5) is 0 Å². The summed E-state index contributed by atoms with van der Waals surface area (Å²) in [5.41, 5.74) is -0.525. The molecule has 0 aromatic carbocycles. The van der Waals surface area contributed by atoms with Crippen molar-refractivity contribution in [2.24, 2.45) is 0 Å². The van der Waals surface area contributed by atoms with E-state index in [1.165, 1.54) is 12.1 Å².